The molecule has 3 N–H and O–H groups in total. The Morgan fingerprint density at radius 1 is 1.14 bits per heavy atom. The van der Waals surface area contributed by atoms with Gasteiger partial charge in [-0.3, -0.25) is 4.79 Å². The van der Waals surface area contributed by atoms with Gasteiger partial charge in [0.25, 0.3) is 0 Å². The molecule has 0 aliphatic carbocycles. The van der Waals surface area contributed by atoms with Gasteiger partial charge in [-0.05, 0) is 31.3 Å². The molecule has 8 heteroatoms. The van der Waals surface area contributed by atoms with Crippen molar-refractivity contribution in [3.63, 3.8) is 0 Å². The number of carbonyl (C=O) groups excluding carboxylic acids is 1. The van der Waals surface area contributed by atoms with Gasteiger partial charge < -0.3 is 16.0 Å². The van der Waals surface area contributed by atoms with Gasteiger partial charge in [0, 0.05) is 11.6 Å². The molecule has 0 saturated heterocycles. The molecule has 1 amide bonds. The van der Waals surface area contributed by atoms with Crippen molar-refractivity contribution in [2.24, 2.45) is 5.92 Å². The Hall–Kier alpha value is -0.750. The highest BCUT2D eigenvalue weighted by Crippen LogP contribution is 2.29. The first kappa shape index (κ1) is 19.3. The van der Waals surface area contributed by atoms with E-state index in [4.69, 9.17) is 47.0 Å². The summed E-state index contributed by atoms with van der Waals surface area (Å²) in [5, 5.41) is 8.61. The number of alkyl halides is 3. The van der Waals surface area contributed by atoms with Crippen LogP contribution >= 0.6 is 47.0 Å². The van der Waals surface area contributed by atoms with Crippen molar-refractivity contribution >= 4 is 63.7 Å². The van der Waals surface area contributed by atoms with Crippen LogP contribution in [0.1, 0.15) is 19.4 Å². The third-order valence-corrected chi connectivity index (χ3v) is 3.60. The van der Waals surface area contributed by atoms with Crippen molar-refractivity contribution < 1.29 is 4.79 Å². The van der Waals surface area contributed by atoms with Crippen LogP contribution in [0.5, 0.6) is 0 Å². The van der Waals surface area contributed by atoms with Crippen LogP contribution in [0, 0.1) is 12.8 Å². The molecule has 0 bridgehead atoms. The third-order valence-electron chi connectivity index (χ3n) is 2.72. The lowest BCUT2D eigenvalue weighted by Gasteiger charge is -2.28. The first-order valence-corrected chi connectivity index (χ1v) is 8.15. The summed E-state index contributed by atoms with van der Waals surface area (Å²) in [6.45, 7) is 5.47. The minimum atomic E-state index is -1.75. The molecule has 1 rings (SSSR count). The number of halogens is 3. The summed E-state index contributed by atoms with van der Waals surface area (Å²) < 4.78 is -1.75. The summed E-state index contributed by atoms with van der Waals surface area (Å²) in [5.41, 5.74) is 1.93. The summed E-state index contributed by atoms with van der Waals surface area (Å²) in [6, 6.07) is 7.64. The molecule has 0 heterocycles. The van der Waals surface area contributed by atoms with E-state index < -0.39 is 9.96 Å². The van der Waals surface area contributed by atoms with E-state index in [0.717, 1.165) is 11.3 Å². The van der Waals surface area contributed by atoms with E-state index in [1.807, 2.05) is 31.2 Å². The highest BCUT2D eigenvalue weighted by Gasteiger charge is 2.35. The van der Waals surface area contributed by atoms with Gasteiger partial charge in [-0.15, -0.1) is 0 Å². The van der Waals surface area contributed by atoms with Gasteiger partial charge in [0.1, 0.15) is 6.17 Å². The topological polar surface area (TPSA) is 53.2 Å². The minimum Gasteiger partial charge on any atom is -0.339 e. The second-order valence-electron chi connectivity index (χ2n) is 5.10. The Kier molecular flexibility index (Phi) is 7.19. The number of nitrogens with one attached hydrogen (secondary N) is 3. The molecule has 1 unspecified atom stereocenters. The molecule has 4 nitrogen and oxygen atoms in total. The van der Waals surface area contributed by atoms with Crippen molar-refractivity contribution in [1.82, 2.24) is 10.6 Å². The predicted octanol–water partition coefficient (Wildman–Crippen LogP) is 3.75. The van der Waals surface area contributed by atoms with E-state index in [2.05, 4.69) is 16.0 Å². The number of amides is 1. The smallest absolute Gasteiger partial charge is 0.228 e. The number of hydrogen-bond donors (Lipinski definition) is 3. The van der Waals surface area contributed by atoms with Crippen LogP contribution in [0.2, 0.25) is 0 Å². The molecule has 0 saturated carbocycles. The minimum absolute atomic E-state index is 0.240. The van der Waals surface area contributed by atoms with Crippen molar-refractivity contribution in [1.29, 1.82) is 0 Å². The summed E-state index contributed by atoms with van der Waals surface area (Å²) >= 11 is 22.8. The Morgan fingerprint density at radius 3 is 2.14 bits per heavy atom. The van der Waals surface area contributed by atoms with E-state index >= 15 is 0 Å². The van der Waals surface area contributed by atoms with Crippen LogP contribution in [0.25, 0.3) is 0 Å². The number of benzene rings is 1. The first-order chi connectivity index (χ1) is 10.1. The zero-order chi connectivity index (χ0) is 16.9. The second kappa shape index (κ2) is 8.20. The normalized spacial score (nSPS) is 12.7. The zero-order valence-electron chi connectivity index (χ0n) is 12.4. The lowest BCUT2D eigenvalue weighted by Crippen LogP contribution is -2.56. The highest BCUT2D eigenvalue weighted by molar-refractivity contribution is 7.80. The summed E-state index contributed by atoms with van der Waals surface area (Å²) in [5.74, 6) is -0.489. The van der Waals surface area contributed by atoms with E-state index in [9.17, 15) is 4.79 Å². The van der Waals surface area contributed by atoms with Crippen LogP contribution in [0.3, 0.4) is 0 Å². The van der Waals surface area contributed by atoms with Gasteiger partial charge in [0.05, 0.1) is 0 Å². The molecule has 1 atom stereocenters. The highest BCUT2D eigenvalue weighted by atomic mass is 35.6. The Balaban J connectivity index is 2.70. The second-order valence-corrected chi connectivity index (χ2v) is 7.88. The van der Waals surface area contributed by atoms with Gasteiger partial charge in [0.2, 0.25) is 9.70 Å². The lowest BCUT2D eigenvalue weighted by molar-refractivity contribution is -0.124. The maximum atomic E-state index is 11.8. The van der Waals surface area contributed by atoms with Crippen molar-refractivity contribution in [3.05, 3.63) is 29.8 Å². The van der Waals surface area contributed by atoms with Gasteiger partial charge in [-0.1, -0.05) is 66.3 Å². The largest absolute Gasteiger partial charge is 0.339 e. The van der Waals surface area contributed by atoms with Crippen LogP contribution in [-0.4, -0.2) is 21.0 Å². The monoisotopic (exact) mass is 381 g/mol. The fourth-order valence-electron chi connectivity index (χ4n) is 1.44. The molecule has 0 aromatic heterocycles. The molecule has 22 heavy (non-hydrogen) atoms. The molecule has 1 aromatic carbocycles. The van der Waals surface area contributed by atoms with E-state index in [0.29, 0.717) is 0 Å². The molecular formula is C14H18Cl3N3OS. The molecule has 0 aliphatic rings. The summed E-state index contributed by atoms with van der Waals surface area (Å²) in [4.78, 5) is 11.8. The third kappa shape index (κ3) is 6.57. The van der Waals surface area contributed by atoms with Crippen LogP contribution < -0.4 is 16.0 Å². The Morgan fingerprint density at radius 2 is 1.68 bits per heavy atom. The van der Waals surface area contributed by atoms with Crippen LogP contribution in [0.4, 0.5) is 5.69 Å². The lowest BCUT2D eigenvalue weighted by atomic mass is 10.2. The van der Waals surface area contributed by atoms with Crippen LogP contribution in [-0.2, 0) is 4.79 Å². The molecule has 0 radical (unpaired) electrons. The van der Waals surface area contributed by atoms with Gasteiger partial charge in [0.15, 0.2) is 5.11 Å². The fourth-order valence-corrected chi connectivity index (χ4v) is 2.01. The maximum Gasteiger partial charge on any atom is 0.228 e. The predicted molar refractivity (Wildman–Crippen MR) is 97.6 cm³/mol. The average molecular weight is 383 g/mol. The fraction of sp³-hybridized carbons (Fsp3) is 0.429. The number of thiocarbonyl (C=S) groups is 1. The molecule has 122 valence electrons. The standard InChI is InChI=1S/C14H18Cl3N3OS/c1-8(2)11(21)19-12(14(15,16)17)20-13(22)18-10-6-4-9(3)5-7-10/h4-8,12H,1-3H3,(H,19,21)(H2,18,20,22). The first-order valence-electron chi connectivity index (χ1n) is 6.61. The van der Waals surface area contributed by atoms with Crippen molar-refractivity contribution in [2.45, 2.75) is 30.7 Å². The van der Waals surface area contributed by atoms with Crippen molar-refractivity contribution in [2.75, 3.05) is 5.32 Å². The molecule has 1 aromatic rings. The number of rotatable bonds is 4. The number of anilines is 1. The average Bonchev–Trinajstić information content (AvgIpc) is 2.39. The van der Waals surface area contributed by atoms with Crippen LogP contribution in [0.15, 0.2) is 24.3 Å². The number of hydrogen-bond acceptors (Lipinski definition) is 2. The number of carbonyl (C=O) groups is 1. The molecular weight excluding hydrogens is 365 g/mol. The quantitative estimate of drug-likeness (QED) is 0.422. The molecule has 0 spiro atoms. The van der Waals surface area contributed by atoms with E-state index in [1.54, 1.807) is 13.8 Å². The SMILES string of the molecule is Cc1ccc(NC(=S)NC(NC(=O)C(C)C)C(Cl)(Cl)Cl)cc1. The molecule has 0 aliphatic heterocycles. The van der Waals surface area contributed by atoms with Gasteiger partial charge >= 0.3 is 0 Å². The van der Waals surface area contributed by atoms with E-state index in [1.165, 1.54) is 0 Å². The van der Waals surface area contributed by atoms with Crippen molar-refractivity contribution in [3.8, 4) is 0 Å². The van der Waals surface area contributed by atoms with E-state index in [-0.39, 0.29) is 16.9 Å². The Labute approximate surface area is 150 Å². The summed E-state index contributed by atoms with van der Waals surface area (Å²) in [6.07, 6.45) is -0.946. The zero-order valence-corrected chi connectivity index (χ0v) is 15.5. The maximum absolute atomic E-state index is 11.8. The Bertz CT molecular complexity index is 529. The summed E-state index contributed by atoms with van der Waals surface area (Å²) in [7, 11) is 0. The molecule has 0 fully saturated rings. The number of aryl methyl sites for hydroxylation is 1. The van der Waals surface area contributed by atoms with Gasteiger partial charge in [-0.2, -0.15) is 0 Å². The van der Waals surface area contributed by atoms with Gasteiger partial charge in [-0.25, -0.2) is 0 Å².